The van der Waals surface area contributed by atoms with E-state index in [2.05, 4.69) is 39.9 Å². The number of pyridine rings is 1. The summed E-state index contributed by atoms with van der Waals surface area (Å²) in [7, 11) is 3.49. The van der Waals surface area contributed by atoms with Crippen LogP contribution in [0.4, 0.5) is 9.59 Å². The van der Waals surface area contributed by atoms with E-state index in [0.29, 0.717) is 45.4 Å². The van der Waals surface area contributed by atoms with Gasteiger partial charge in [0.15, 0.2) is 5.78 Å². The second-order valence-electron chi connectivity index (χ2n) is 22.8. The number of nitrogens with one attached hydrogen (secondary N) is 2. The summed E-state index contributed by atoms with van der Waals surface area (Å²) < 4.78 is 24.8. The number of aryl methyl sites for hydroxylation is 1. The number of hydrogen-bond donors (Lipinski definition) is 3. The molecule has 4 N–H and O–H groups in total. The molecular weight excluding hydrogens is 1060 g/mol. The second kappa shape index (κ2) is 31.4. The molecule has 6 amide bonds. The molecule has 21 nitrogen and oxygen atoms in total. The number of nitrogens with zero attached hydrogens (tertiary/aromatic N) is 6. The Labute approximate surface area is 488 Å². The van der Waals surface area contributed by atoms with E-state index in [0.717, 1.165) is 39.0 Å². The van der Waals surface area contributed by atoms with Crippen LogP contribution in [0.3, 0.4) is 0 Å². The van der Waals surface area contributed by atoms with Gasteiger partial charge in [-0.1, -0.05) is 69.3 Å². The van der Waals surface area contributed by atoms with Crippen LogP contribution in [0.25, 0.3) is 22.2 Å². The fourth-order valence-electron chi connectivity index (χ4n) is 10.8. The molecule has 0 spiro atoms. The summed E-state index contributed by atoms with van der Waals surface area (Å²) >= 11 is 0. The number of benzene rings is 2. The number of aromatic nitrogens is 2. The van der Waals surface area contributed by atoms with Gasteiger partial charge in [0.25, 0.3) is 0 Å². The minimum atomic E-state index is -0.788. The van der Waals surface area contributed by atoms with E-state index in [1.165, 1.54) is 5.01 Å². The van der Waals surface area contributed by atoms with Crippen molar-refractivity contribution < 1.29 is 57.3 Å². The fourth-order valence-corrected chi connectivity index (χ4v) is 10.8. The quantitative estimate of drug-likeness (QED) is 0.0249. The summed E-state index contributed by atoms with van der Waals surface area (Å²) in [6, 6.07) is 20.5. The molecular formula is C62H87N9O12. The number of nitrogens with two attached hydrogens (primary N) is 1. The number of fused-ring (bicyclic) bond motifs is 4. The Hall–Kier alpha value is -7.23. The molecule has 1 saturated heterocycles. The molecule has 2 aliphatic rings. The molecule has 21 heteroatoms. The molecule has 83 heavy (non-hydrogen) atoms. The van der Waals surface area contributed by atoms with Crippen molar-refractivity contribution in [1.29, 1.82) is 0 Å². The Bertz CT molecular complexity index is 2810. The minimum Gasteiger partial charge on any atom is -0.460 e. The number of ether oxygens (including phenoxy) is 4. The summed E-state index contributed by atoms with van der Waals surface area (Å²) in [5, 5.41) is 9.46. The predicted molar refractivity (Wildman–Crippen MR) is 313 cm³/mol. The molecule has 1 aliphatic heterocycles. The highest BCUT2D eigenvalue weighted by Gasteiger charge is 2.34. The largest absolute Gasteiger partial charge is 0.460 e. The maximum absolute atomic E-state index is 14.2. The molecule has 0 radical (unpaired) electrons. The molecule has 452 valence electrons. The van der Waals surface area contributed by atoms with Crippen LogP contribution in [-0.4, -0.2) is 168 Å². The summed E-state index contributed by atoms with van der Waals surface area (Å²) in [4.78, 5) is 113. The standard InChI is InChI=1S/C62H87N9O12/c1-9-54(73)53(21-15-29-65-60(63)78)66-59(77)51(42(2)3)39-46(72)22-23-56(75)70(33-35-81-37-36-80-34-27-57(76)83-62(4,5)6)44-24-30-69(31-25-44)55(74)26-32-71-45(38-43-16-14-28-64-58(43)71)40-67(7)68(8)61(79)82-41-52-49-19-12-10-17-47(49)48-18-11-13-20-50(48)52/h10-14,16-20,28,38,42,44,51-53H,9,15,21-27,29-37,39-41H2,1-8H3,(H,66,77)(H3,63,65,78)/t51-,53-/m0/s1. The van der Waals surface area contributed by atoms with Gasteiger partial charge in [0, 0.05) is 114 Å². The van der Waals surface area contributed by atoms with E-state index in [1.54, 1.807) is 50.8 Å². The maximum atomic E-state index is 14.2. The summed E-state index contributed by atoms with van der Waals surface area (Å²) in [5.41, 5.74) is 10.7. The van der Waals surface area contributed by atoms with Crippen molar-refractivity contribution in [3.8, 4) is 11.1 Å². The highest BCUT2D eigenvalue weighted by atomic mass is 16.6. The molecule has 6 rings (SSSR count). The van der Waals surface area contributed by atoms with Crippen molar-refractivity contribution >= 4 is 58.4 Å². The van der Waals surface area contributed by atoms with Crippen LogP contribution in [0.1, 0.15) is 128 Å². The van der Waals surface area contributed by atoms with E-state index in [1.807, 2.05) is 72.8 Å². The van der Waals surface area contributed by atoms with E-state index < -0.39 is 35.6 Å². The molecule has 4 aromatic rings. The molecule has 0 unspecified atom stereocenters. The number of hydrogen-bond acceptors (Lipinski definition) is 14. The zero-order valence-corrected chi connectivity index (χ0v) is 49.8. The summed E-state index contributed by atoms with van der Waals surface area (Å²) in [5.74, 6) is -2.59. The van der Waals surface area contributed by atoms with Crippen LogP contribution >= 0.6 is 0 Å². The molecule has 0 bridgehead atoms. The molecule has 1 fully saturated rings. The lowest BCUT2D eigenvalue weighted by Gasteiger charge is -2.39. The van der Waals surface area contributed by atoms with Crippen molar-refractivity contribution in [2.75, 3.05) is 73.3 Å². The second-order valence-corrected chi connectivity index (χ2v) is 22.8. The number of hydrazine groups is 1. The zero-order valence-electron chi connectivity index (χ0n) is 49.8. The number of rotatable bonds is 32. The van der Waals surface area contributed by atoms with Crippen molar-refractivity contribution in [2.45, 2.75) is 142 Å². The Morgan fingerprint density at radius 3 is 2.13 bits per heavy atom. The Morgan fingerprint density at radius 1 is 0.831 bits per heavy atom. The molecule has 0 saturated carbocycles. The third kappa shape index (κ3) is 19.2. The first kappa shape index (κ1) is 64.9. The highest BCUT2D eigenvalue weighted by Crippen LogP contribution is 2.44. The van der Waals surface area contributed by atoms with E-state index in [-0.39, 0.29) is 138 Å². The average Bonchev–Trinajstić information content (AvgIpc) is 4.04. The lowest BCUT2D eigenvalue weighted by Crippen LogP contribution is -2.50. The number of ketones is 2. The van der Waals surface area contributed by atoms with Gasteiger partial charge in [-0.15, -0.1) is 0 Å². The van der Waals surface area contributed by atoms with Crippen LogP contribution < -0.4 is 16.4 Å². The fraction of sp³-hybridized carbons (Fsp3) is 0.565. The average molecular weight is 1150 g/mol. The van der Waals surface area contributed by atoms with Crippen molar-refractivity contribution in [3.63, 3.8) is 0 Å². The van der Waals surface area contributed by atoms with Gasteiger partial charge in [-0.05, 0) is 92.8 Å². The predicted octanol–water partition coefficient (Wildman–Crippen LogP) is 7.16. The summed E-state index contributed by atoms with van der Waals surface area (Å²) in [6.45, 7) is 13.7. The number of carbonyl (C=O) groups is 8. The highest BCUT2D eigenvalue weighted by molar-refractivity contribution is 5.93. The van der Waals surface area contributed by atoms with Crippen LogP contribution in [0.5, 0.6) is 0 Å². The van der Waals surface area contributed by atoms with Gasteiger partial charge in [-0.3, -0.25) is 28.8 Å². The minimum absolute atomic E-state index is 0.0519. The SMILES string of the molecule is CCC(=O)[C@H](CCCNC(N)=O)NC(=O)[C@@H](CC(=O)CCC(=O)N(CCOCCOCCC(=O)OC(C)(C)C)C1CCN(C(=O)CCn2c(CN(C)N(C)C(=O)OCC3c4ccccc4-c4ccccc43)cc3cccnc32)CC1)C(C)C. The monoisotopic (exact) mass is 1150 g/mol. The summed E-state index contributed by atoms with van der Waals surface area (Å²) in [6.07, 6.45) is 3.08. The Morgan fingerprint density at radius 2 is 1.49 bits per heavy atom. The third-order valence-electron chi connectivity index (χ3n) is 15.3. The molecule has 2 aromatic carbocycles. The normalized spacial score (nSPS) is 14.2. The number of likely N-dealkylation sites (tertiary alicyclic amines) is 1. The Kier molecular flexibility index (Phi) is 24.6. The first-order valence-electron chi connectivity index (χ1n) is 29.2. The number of primary amides is 1. The van der Waals surface area contributed by atoms with Crippen LogP contribution in [0, 0.1) is 11.8 Å². The van der Waals surface area contributed by atoms with Crippen LogP contribution in [0.2, 0.25) is 0 Å². The lowest BCUT2D eigenvalue weighted by molar-refractivity contribution is -0.156. The smallest absolute Gasteiger partial charge is 0.424 e. The van der Waals surface area contributed by atoms with Gasteiger partial charge in [-0.2, -0.15) is 0 Å². The first-order valence-corrected chi connectivity index (χ1v) is 29.2. The number of esters is 1. The van der Waals surface area contributed by atoms with Crippen LogP contribution in [0.15, 0.2) is 72.9 Å². The van der Waals surface area contributed by atoms with Gasteiger partial charge in [0.1, 0.15) is 23.6 Å². The zero-order chi connectivity index (χ0) is 60.2. The van der Waals surface area contributed by atoms with Crippen molar-refractivity contribution in [3.05, 3.63) is 89.7 Å². The van der Waals surface area contributed by atoms with Gasteiger partial charge in [0.2, 0.25) is 17.7 Å². The molecule has 2 atom stereocenters. The number of piperidine rings is 1. The maximum Gasteiger partial charge on any atom is 0.424 e. The topological polar surface area (TPSA) is 254 Å². The number of amides is 6. The van der Waals surface area contributed by atoms with E-state index in [4.69, 9.17) is 24.7 Å². The van der Waals surface area contributed by atoms with Crippen molar-refractivity contribution in [1.82, 2.24) is 40.0 Å². The van der Waals surface area contributed by atoms with Gasteiger partial charge >= 0.3 is 18.1 Å². The van der Waals surface area contributed by atoms with Crippen LogP contribution in [-0.2, 0) is 60.8 Å². The van der Waals surface area contributed by atoms with E-state index >= 15 is 0 Å². The Balaban J connectivity index is 1.03. The first-order chi connectivity index (χ1) is 39.6. The van der Waals surface area contributed by atoms with Gasteiger partial charge in [-0.25, -0.2) is 24.6 Å². The number of carbonyl (C=O) groups excluding carboxylic acids is 8. The van der Waals surface area contributed by atoms with Crippen molar-refractivity contribution in [2.24, 2.45) is 17.6 Å². The molecule has 1 aliphatic carbocycles. The van der Waals surface area contributed by atoms with Gasteiger partial charge < -0.3 is 49.7 Å². The third-order valence-corrected chi connectivity index (χ3v) is 15.3. The number of Topliss-reactive ketones (excluding diaryl/α,β-unsaturated/α-hetero) is 2. The number of urea groups is 1. The molecule has 2 aromatic heterocycles. The van der Waals surface area contributed by atoms with Gasteiger partial charge in [0.05, 0.1) is 45.4 Å². The lowest BCUT2D eigenvalue weighted by atomic mass is 9.88. The molecule has 3 heterocycles. The van der Waals surface area contributed by atoms with E-state index in [9.17, 15) is 38.4 Å².